The van der Waals surface area contributed by atoms with E-state index in [0.29, 0.717) is 10.9 Å². The minimum Gasteiger partial charge on any atom is -0.272 e. The fourth-order valence-electron chi connectivity index (χ4n) is 4.19. The summed E-state index contributed by atoms with van der Waals surface area (Å²) in [5.41, 5.74) is 6.03. The van der Waals surface area contributed by atoms with Crippen molar-refractivity contribution in [3.8, 4) is 5.69 Å². The summed E-state index contributed by atoms with van der Waals surface area (Å²) in [4.78, 5) is 33.3. The molecule has 0 radical (unpaired) electrons. The molecule has 0 saturated carbocycles. The number of rotatable bonds is 6. The molecule has 36 heavy (non-hydrogen) atoms. The van der Waals surface area contributed by atoms with Crippen LogP contribution in [0.25, 0.3) is 15.9 Å². The van der Waals surface area contributed by atoms with Crippen molar-refractivity contribution in [3.63, 3.8) is 0 Å². The molecule has 4 aromatic rings. The van der Waals surface area contributed by atoms with Gasteiger partial charge in [-0.3, -0.25) is 14.2 Å². The number of benzene rings is 2. The monoisotopic (exact) mass is 644 g/mol. The zero-order valence-electron chi connectivity index (χ0n) is 19.4. The number of thioether (sulfide) groups is 1. The van der Waals surface area contributed by atoms with Crippen LogP contribution in [0.1, 0.15) is 35.8 Å². The minimum atomic E-state index is -0.267. The highest BCUT2D eigenvalue weighted by molar-refractivity contribution is 9.10. The minimum absolute atomic E-state index is 0.0758. The van der Waals surface area contributed by atoms with Crippen molar-refractivity contribution >= 4 is 76.8 Å². The van der Waals surface area contributed by atoms with Gasteiger partial charge in [0.05, 0.1) is 22.5 Å². The van der Waals surface area contributed by atoms with Gasteiger partial charge in [-0.25, -0.2) is 10.4 Å². The Balaban J connectivity index is 1.44. The zero-order valence-corrected chi connectivity index (χ0v) is 24.2. The van der Waals surface area contributed by atoms with Gasteiger partial charge in [0.15, 0.2) is 5.16 Å². The predicted molar refractivity (Wildman–Crippen MR) is 155 cm³/mol. The Kier molecular flexibility index (Phi) is 7.76. The van der Waals surface area contributed by atoms with Crippen molar-refractivity contribution in [2.75, 3.05) is 5.75 Å². The molecule has 1 N–H and O–H groups in total. The van der Waals surface area contributed by atoms with Gasteiger partial charge in [0.2, 0.25) is 0 Å². The second-order valence-corrected chi connectivity index (χ2v) is 12.3. The van der Waals surface area contributed by atoms with Gasteiger partial charge in [-0.1, -0.05) is 55.8 Å². The number of nitrogens with one attached hydrogen (secondary N) is 1. The molecular formula is C26H22Br2N4O2S2. The van der Waals surface area contributed by atoms with E-state index in [1.807, 2.05) is 55.5 Å². The smallest absolute Gasteiger partial charge is 0.267 e. The normalized spacial score (nSPS) is 13.6. The Morgan fingerprint density at radius 2 is 1.92 bits per heavy atom. The number of amides is 1. The maximum atomic E-state index is 13.8. The molecule has 0 spiro atoms. The Labute approximate surface area is 233 Å². The van der Waals surface area contributed by atoms with E-state index < -0.39 is 0 Å². The number of aromatic nitrogens is 2. The third-order valence-corrected chi connectivity index (χ3v) is 9.11. The SMILES string of the molecule is CC(=NNC(=O)CSc1nc2sc3c(c2c(=O)n1-c1ccc(Br)cc1)CCCC3)c1cccc(Br)c1. The van der Waals surface area contributed by atoms with Crippen molar-refractivity contribution < 1.29 is 4.79 Å². The van der Waals surface area contributed by atoms with Crippen LogP contribution in [0.2, 0.25) is 0 Å². The molecule has 0 atom stereocenters. The van der Waals surface area contributed by atoms with Crippen LogP contribution >= 0.6 is 55.0 Å². The van der Waals surface area contributed by atoms with Crippen LogP contribution in [0.5, 0.6) is 0 Å². The number of hydrogen-bond donors (Lipinski definition) is 1. The summed E-state index contributed by atoms with van der Waals surface area (Å²) in [7, 11) is 0. The number of nitrogens with zero attached hydrogens (tertiary/aromatic N) is 3. The van der Waals surface area contributed by atoms with Crippen LogP contribution in [0, 0.1) is 0 Å². The average Bonchev–Trinajstić information content (AvgIpc) is 3.25. The van der Waals surface area contributed by atoms with Gasteiger partial charge in [0, 0.05) is 13.8 Å². The highest BCUT2D eigenvalue weighted by Gasteiger charge is 2.23. The summed E-state index contributed by atoms with van der Waals surface area (Å²) in [6, 6.07) is 15.3. The summed E-state index contributed by atoms with van der Waals surface area (Å²) in [6.45, 7) is 1.84. The fourth-order valence-corrected chi connectivity index (χ4v) is 6.96. The molecule has 1 aliphatic rings. The largest absolute Gasteiger partial charge is 0.272 e. The molecular weight excluding hydrogens is 624 g/mol. The Hall–Kier alpha value is -2.27. The van der Waals surface area contributed by atoms with Crippen molar-refractivity contribution in [3.05, 3.63) is 83.8 Å². The molecule has 2 heterocycles. The summed E-state index contributed by atoms with van der Waals surface area (Å²) in [5, 5.41) is 5.46. The van der Waals surface area contributed by atoms with E-state index in [0.717, 1.165) is 61.7 Å². The Morgan fingerprint density at radius 1 is 1.14 bits per heavy atom. The number of hydrazone groups is 1. The molecule has 6 nitrogen and oxygen atoms in total. The topological polar surface area (TPSA) is 76.3 Å². The molecule has 2 aromatic carbocycles. The molecule has 0 bridgehead atoms. The van der Waals surface area contributed by atoms with Gasteiger partial charge >= 0.3 is 0 Å². The molecule has 0 aliphatic heterocycles. The standard InChI is InChI=1S/C26H22Br2N4O2S2/c1-15(16-5-4-6-18(28)13-16)30-31-22(33)14-35-26-29-24-23(20-7-2-3-8-21(20)36-24)25(34)32(26)19-11-9-17(27)10-12-19/h4-6,9-13H,2-3,7-8,14H2,1H3,(H,31,33). The van der Waals surface area contributed by atoms with Crippen molar-refractivity contribution in [2.24, 2.45) is 5.10 Å². The highest BCUT2D eigenvalue weighted by atomic mass is 79.9. The van der Waals surface area contributed by atoms with Crippen molar-refractivity contribution in [2.45, 2.75) is 37.8 Å². The van der Waals surface area contributed by atoms with Crippen LogP contribution in [0.3, 0.4) is 0 Å². The molecule has 10 heteroatoms. The first-order valence-electron chi connectivity index (χ1n) is 11.5. The van der Waals surface area contributed by atoms with E-state index in [1.165, 1.54) is 16.6 Å². The summed E-state index contributed by atoms with van der Waals surface area (Å²) in [6.07, 6.45) is 4.14. The van der Waals surface area contributed by atoms with E-state index in [-0.39, 0.29) is 17.2 Å². The number of fused-ring (bicyclic) bond motifs is 3. The van der Waals surface area contributed by atoms with Crippen LogP contribution in [-0.4, -0.2) is 26.9 Å². The number of hydrogen-bond acceptors (Lipinski definition) is 6. The van der Waals surface area contributed by atoms with E-state index in [4.69, 9.17) is 4.98 Å². The van der Waals surface area contributed by atoms with Gasteiger partial charge in [-0.05, 0) is 80.1 Å². The number of halogens is 2. The van der Waals surface area contributed by atoms with Gasteiger partial charge in [0.25, 0.3) is 11.5 Å². The fraction of sp³-hybridized carbons (Fsp3) is 0.231. The van der Waals surface area contributed by atoms with Gasteiger partial charge in [0.1, 0.15) is 4.83 Å². The average molecular weight is 646 g/mol. The Bertz CT molecular complexity index is 1540. The molecule has 1 amide bonds. The molecule has 5 rings (SSSR count). The second-order valence-electron chi connectivity index (χ2n) is 8.43. The Morgan fingerprint density at radius 3 is 2.69 bits per heavy atom. The zero-order chi connectivity index (χ0) is 25.2. The molecule has 0 fully saturated rings. The first-order chi connectivity index (χ1) is 17.4. The predicted octanol–water partition coefficient (Wildman–Crippen LogP) is 6.48. The number of carbonyl (C=O) groups is 1. The lowest BCUT2D eigenvalue weighted by Crippen LogP contribution is -2.24. The lowest BCUT2D eigenvalue weighted by molar-refractivity contribution is -0.118. The van der Waals surface area contributed by atoms with E-state index >= 15 is 0 Å². The lowest BCUT2D eigenvalue weighted by Gasteiger charge is -2.13. The first kappa shape index (κ1) is 25.4. The molecule has 0 unspecified atom stereocenters. The number of aryl methyl sites for hydroxylation is 2. The first-order valence-corrected chi connectivity index (χ1v) is 14.8. The molecule has 2 aromatic heterocycles. The van der Waals surface area contributed by atoms with Crippen LogP contribution in [-0.2, 0) is 17.6 Å². The van der Waals surface area contributed by atoms with Gasteiger partial charge in [-0.2, -0.15) is 5.10 Å². The third kappa shape index (κ3) is 5.37. The number of thiophene rings is 1. The van der Waals surface area contributed by atoms with Crippen LogP contribution in [0.15, 0.2) is 72.5 Å². The molecule has 0 saturated heterocycles. The highest BCUT2D eigenvalue weighted by Crippen LogP contribution is 2.35. The number of carbonyl (C=O) groups excluding carboxylic acids is 1. The molecule has 184 valence electrons. The summed E-state index contributed by atoms with van der Waals surface area (Å²) < 4.78 is 3.50. The van der Waals surface area contributed by atoms with E-state index in [9.17, 15) is 9.59 Å². The third-order valence-electron chi connectivity index (χ3n) is 5.97. The van der Waals surface area contributed by atoms with E-state index in [2.05, 4.69) is 42.4 Å². The van der Waals surface area contributed by atoms with Gasteiger partial charge in [-0.15, -0.1) is 11.3 Å². The second kappa shape index (κ2) is 11.0. The van der Waals surface area contributed by atoms with Crippen molar-refractivity contribution in [1.29, 1.82) is 0 Å². The van der Waals surface area contributed by atoms with Crippen molar-refractivity contribution in [1.82, 2.24) is 15.0 Å². The van der Waals surface area contributed by atoms with E-state index in [1.54, 1.807) is 15.9 Å². The summed E-state index contributed by atoms with van der Waals surface area (Å²) >= 11 is 9.76. The maximum absolute atomic E-state index is 13.8. The summed E-state index contributed by atoms with van der Waals surface area (Å²) in [5.74, 6) is -0.189. The quantitative estimate of drug-likeness (QED) is 0.113. The molecule has 1 aliphatic carbocycles. The lowest BCUT2D eigenvalue weighted by atomic mass is 9.97. The maximum Gasteiger partial charge on any atom is 0.267 e. The van der Waals surface area contributed by atoms with Gasteiger partial charge < -0.3 is 0 Å². The van der Waals surface area contributed by atoms with Crippen LogP contribution in [0.4, 0.5) is 0 Å². The van der Waals surface area contributed by atoms with Crippen LogP contribution < -0.4 is 11.0 Å².